The molecule has 0 amide bonds. The van der Waals surface area contributed by atoms with E-state index in [1.165, 1.54) is 5.56 Å². The zero-order chi connectivity index (χ0) is 6.10. The smallest absolute Gasteiger partial charge is 0.109 e. The molecule has 0 aromatic heterocycles. The van der Waals surface area contributed by atoms with Crippen molar-refractivity contribution in [3.63, 3.8) is 0 Å². The second kappa shape index (κ2) is 1.69. The van der Waals surface area contributed by atoms with Crippen molar-refractivity contribution >= 4 is 6.21 Å². The van der Waals surface area contributed by atoms with Gasteiger partial charge in [-0.05, 0) is 5.56 Å². The predicted molar refractivity (Wildman–Crippen MR) is 37.7 cm³/mol. The van der Waals surface area contributed by atoms with Crippen LogP contribution in [0.5, 0.6) is 0 Å². The zero-order valence-electron chi connectivity index (χ0n) is 4.99. The molecule has 44 valence electrons. The van der Waals surface area contributed by atoms with E-state index in [9.17, 15) is 0 Å². The van der Waals surface area contributed by atoms with Crippen LogP contribution in [0.25, 0.3) is 0 Å². The fraction of sp³-hybridized carbons (Fsp3) is 0.125. The van der Waals surface area contributed by atoms with Gasteiger partial charge in [0.25, 0.3) is 0 Å². The molecular weight excluding hydrogens is 110 g/mol. The number of nitrogens with zero attached hydrogens (tertiary/aromatic N) is 1. The van der Waals surface area contributed by atoms with Crippen molar-refractivity contribution in [3.05, 3.63) is 35.9 Å². The molecule has 1 aliphatic heterocycles. The van der Waals surface area contributed by atoms with Gasteiger partial charge in [-0.25, -0.2) is 0 Å². The summed E-state index contributed by atoms with van der Waals surface area (Å²) in [7, 11) is 0. The Morgan fingerprint density at radius 1 is 1.11 bits per heavy atom. The van der Waals surface area contributed by atoms with Crippen molar-refractivity contribution in [2.24, 2.45) is 4.99 Å². The van der Waals surface area contributed by atoms with Gasteiger partial charge < -0.3 is 0 Å². The van der Waals surface area contributed by atoms with Gasteiger partial charge in [0.2, 0.25) is 0 Å². The normalized spacial score (nSPS) is 22.0. The van der Waals surface area contributed by atoms with Crippen LogP contribution < -0.4 is 0 Å². The molecule has 1 heteroatoms. The third-order valence-electron chi connectivity index (χ3n) is 1.44. The lowest BCUT2D eigenvalue weighted by Gasteiger charge is -1.91. The van der Waals surface area contributed by atoms with Gasteiger partial charge in [-0.2, -0.15) is 0 Å². The molecule has 0 saturated carbocycles. The van der Waals surface area contributed by atoms with Crippen LogP contribution in [-0.2, 0) is 0 Å². The van der Waals surface area contributed by atoms with Crippen LogP contribution in [0, 0.1) is 0 Å². The van der Waals surface area contributed by atoms with Crippen molar-refractivity contribution in [1.82, 2.24) is 0 Å². The van der Waals surface area contributed by atoms with E-state index in [1.807, 2.05) is 24.4 Å². The van der Waals surface area contributed by atoms with Crippen LogP contribution in [-0.4, -0.2) is 6.21 Å². The first-order valence-corrected chi connectivity index (χ1v) is 3.05. The maximum Gasteiger partial charge on any atom is 0.109 e. The lowest BCUT2D eigenvalue weighted by atomic mass is 10.1. The quantitative estimate of drug-likeness (QED) is 0.532. The summed E-state index contributed by atoms with van der Waals surface area (Å²) in [4.78, 5) is 4.05. The maximum absolute atomic E-state index is 4.05. The number of benzene rings is 1. The predicted octanol–water partition coefficient (Wildman–Crippen LogP) is 1.81. The van der Waals surface area contributed by atoms with E-state index in [0.29, 0.717) is 6.04 Å². The van der Waals surface area contributed by atoms with Crippen molar-refractivity contribution in [1.29, 1.82) is 0 Å². The summed E-state index contributed by atoms with van der Waals surface area (Å²) < 4.78 is 0. The third-order valence-corrected chi connectivity index (χ3v) is 1.44. The van der Waals surface area contributed by atoms with E-state index < -0.39 is 0 Å². The Labute approximate surface area is 54.1 Å². The number of hydrogen-bond acceptors (Lipinski definition) is 1. The van der Waals surface area contributed by atoms with Crippen molar-refractivity contribution in [2.75, 3.05) is 0 Å². The molecule has 1 heterocycles. The van der Waals surface area contributed by atoms with Crippen molar-refractivity contribution in [3.8, 4) is 0 Å². The highest BCUT2D eigenvalue weighted by Gasteiger charge is 2.13. The first-order valence-electron chi connectivity index (χ1n) is 3.05. The van der Waals surface area contributed by atoms with E-state index in [1.54, 1.807) is 0 Å². The molecule has 0 N–H and O–H groups in total. The van der Waals surface area contributed by atoms with Gasteiger partial charge >= 0.3 is 0 Å². The van der Waals surface area contributed by atoms with Gasteiger partial charge in [0.05, 0.1) is 0 Å². The van der Waals surface area contributed by atoms with Crippen LogP contribution >= 0.6 is 0 Å². The number of aliphatic imine (C=N–C) groups is 1. The summed E-state index contributed by atoms with van der Waals surface area (Å²) in [6, 6.07) is 10.7. The minimum absolute atomic E-state index is 0.409. The fourth-order valence-corrected chi connectivity index (χ4v) is 0.865. The van der Waals surface area contributed by atoms with Crippen LogP contribution in [0.15, 0.2) is 35.3 Å². The SMILES string of the molecule is C1=N[C@H]1c1ccccc1. The Balaban J connectivity index is 2.30. The summed E-state index contributed by atoms with van der Waals surface area (Å²) in [6.07, 6.45) is 1.95. The van der Waals surface area contributed by atoms with Gasteiger partial charge in [0.1, 0.15) is 6.04 Å². The summed E-state index contributed by atoms with van der Waals surface area (Å²) in [5, 5.41) is 0. The van der Waals surface area contributed by atoms with Gasteiger partial charge in [0.15, 0.2) is 0 Å². The lowest BCUT2D eigenvalue weighted by molar-refractivity contribution is 1.14. The number of hydrogen-bond donors (Lipinski definition) is 0. The molecule has 0 bridgehead atoms. The average molecular weight is 117 g/mol. The molecule has 1 nitrogen and oxygen atoms in total. The Hall–Kier alpha value is -1.11. The third kappa shape index (κ3) is 0.854. The Bertz CT molecular complexity index is 220. The molecule has 1 aromatic rings. The largest absolute Gasteiger partial charge is 0.281 e. The molecule has 0 saturated heterocycles. The molecule has 2 rings (SSSR count). The molecule has 1 aliphatic rings. The molecular formula is C8H7N. The highest BCUT2D eigenvalue weighted by molar-refractivity contribution is 5.79. The second-order valence-electron chi connectivity index (χ2n) is 2.15. The molecule has 0 unspecified atom stereocenters. The minimum Gasteiger partial charge on any atom is -0.281 e. The molecule has 1 aromatic carbocycles. The van der Waals surface area contributed by atoms with Crippen LogP contribution in [0.1, 0.15) is 11.6 Å². The van der Waals surface area contributed by atoms with Crippen LogP contribution in [0.3, 0.4) is 0 Å². The highest BCUT2D eigenvalue weighted by atomic mass is 14.9. The van der Waals surface area contributed by atoms with Crippen LogP contribution in [0.4, 0.5) is 0 Å². The van der Waals surface area contributed by atoms with Gasteiger partial charge in [0, 0.05) is 6.21 Å². The summed E-state index contributed by atoms with van der Waals surface area (Å²) in [5.74, 6) is 0. The van der Waals surface area contributed by atoms with Crippen molar-refractivity contribution < 1.29 is 0 Å². The van der Waals surface area contributed by atoms with E-state index in [4.69, 9.17) is 0 Å². The van der Waals surface area contributed by atoms with Gasteiger partial charge in [-0.15, -0.1) is 0 Å². The monoisotopic (exact) mass is 117 g/mol. The van der Waals surface area contributed by atoms with E-state index in [-0.39, 0.29) is 0 Å². The Morgan fingerprint density at radius 3 is 2.33 bits per heavy atom. The first-order chi connectivity index (χ1) is 4.47. The molecule has 9 heavy (non-hydrogen) atoms. The summed E-state index contributed by atoms with van der Waals surface area (Å²) in [5.41, 5.74) is 1.30. The van der Waals surface area contributed by atoms with E-state index >= 15 is 0 Å². The molecule has 0 aliphatic carbocycles. The highest BCUT2D eigenvalue weighted by Crippen LogP contribution is 2.22. The maximum atomic E-state index is 4.05. The van der Waals surface area contributed by atoms with Crippen LogP contribution in [0.2, 0.25) is 0 Å². The summed E-state index contributed by atoms with van der Waals surface area (Å²) in [6.45, 7) is 0. The van der Waals surface area contributed by atoms with E-state index in [2.05, 4.69) is 17.1 Å². The fourth-order valence-electron chi connectivity index (χ4n) is 0.865. The van der Waals surface area contributed by atoms with Gasteiger partial charge in [-0.3, -0.25) is 4.99 Å². The average Bonchev–Trinajstić information content (AvgIpc) is 2.71. The second-order valence-corrected chi connectivity index (χ2v) is 2.15. The Kier molecular flexibility index (Phi) is 0.890. The Morgan fingerprint density at radius 2 is 1.78 bits per heavy atom. The first kappa shape index (κ1) is 4.74. The van der Waals surface area contributed by atoms with Crippen molar-refractivity contribution in [2.45, 2.75) is 6.04 Å². The lowest BCUT2D eigenvalue weighted by Crippen LogP contribution is -1.77. The van der Waals surface area contributed by atoms with E-state index in [0.717, 1.165) is 0 Å². The zero-order valence-corrected chi connectivity index (χ0v) is 4.99. The summed E-state index contributed by atoms with van der Waals surface area (Å²) >= 11 is 0. The van der Waals surface area contributed by atoms with Gasteiger partial charge in [-0.1, -0.05) is 30.3 Å². The molecule has 0 spiro atoms. The standard InChI is InChI=1S/C8H7N/c1-2-4-7(5-3-1)8-6-9-8/h1-6,8H/t8-/m1/s1. The molecule has 0 radical (unpaired) electrons. The number of rotatable bonds is 1. The minimum atomic E-state index is 0.409. The topological polar surface area (TPSA) is 12.4 Å². The molecule has 1 atom stereocenters. The molecule has 0 fully saturated rings.